The first-order valence-corrected chi connectivity index (χ1v) is 6.17. The lowest BCUT2D eigenvalue weighted by Gasteiger charge is -2.32. The third-order valence-electron chi connectivity index (χ3n) is 3.27. The van der Waals surface area contributed by atoms with Crippen LogP contribution in [0.3, 0.4) is 0 Å². The van der Waals surface area contributed by atoms with Gasteiger partial charge in [-0.25, -0.2) is 0 Å². The molecule has 2 unspecified atom stereocenters. The van der Waals surface area contributed by atoms with Crippen LogP contribution in [0.2, 0.25) is 0 Å². The number of rotatable bonds is 7. The molecule has 0 aromatic carbocycles. The molecule has 4 nitrogen and oxygen atoms in total. The zero-order chi connectivity index (χ0) is 12.0. The normalized spacial score (nSPS) is 27.6. The number of hydrogen-bond acceptors (Lipinski definition) is 4. The fourth-order valence-corrected chi connectivity index (χ4v) is 2.40. The van der Waals surface area contributed by atoms with Crippen molar-refractivity contribution >= 4 is 0 Å². The van der Waals surface area contributed by atoms with Gasteiger partial charge in [0.15, 0.2) is 0 Å². The summed E-state index contributed by atoms with van der Waals surface area (Å²) in [5, 5.41) is 12.5. The van der Waals surface area contributed by atoms with E-state index in [1.165, 1.54) is 0 Å². The van der Waals surface area contributed by atoms with Gasteiger partial charge >= 0.3 is 0 Å². The van der Waals surface area contributed by atoms with E-state index in [2.05, 4.69) is 17.3 Å². The number of nitrogens with one attached hydrogen (secondary N) is 1. The largest absolute Gasteiger partial charge is 0.393 e. The molecule has 1 heterocycles. The van der Waals surface area contributed by atoms with Crippen LogP contribution in [0, 0.1) is 5.41 Å². The summed E-state index contributed by atoms with van der Waals surface area (Å²) < 4.78 is 5.52. The molecule has 96 valence electrons. The van der Waals surface area contributed by atoms with Gasteiger partial charge in [-0.1, -0.05) is 0 Å². The monoisotopic (exact) mass is 230 g/mol. The standard InChI is InChI=1S/C12H26N2O2/c1-11(15)4-6-14(3)9-12(8-13-2)5-7-16-10-12/h11,13,15H,4-10H2,1-3H3. The summed E-state index contributed by atoms with van der Waals surface area (Å²) >= 11 is 0. The molecule has 2 atom stereocenters. The summed E-state index contributed by atoms with van der Waals surface area (Å²) in [6.07, 6.45) is 1.77. The summed E-state index contributed by atoms with van der Waals surface area (Å²) in [4.78, 5) is 2.30. The Morgan fingerprint density at radius 1 is 1.56 bits per heavy atom. The first-order valence-electron chi connectivity index (χ1n) is 6.17. The van der Waals surface area contributed by atoms with Gasteiger partial charge in [0.25, 0.3) is 0 Å². The van der Waals surface area contributed by atoms with Crippen LogP contribution >= 0.6 is 0 Å². The zero-order valence-electron chi connectivity index (χ0n) is 10.8. The van der Waals surface area contributed by atoms with Crippen molar-refractivity contribution < 1.29 is 9.84 Å². The minimum atomic E-state index is -0.206. The van der Waals surface area contributed by atoms with Crippen molar-refractivity contribution in [3.05, 3.63) is 0 Å². The van der Waals surface area contributed by atoms with Crippen LogP contribution in [-0.4, -0.2) is 63.1 Å². The highest BCUT2D eigenvalue weighted by molar-refractivity contribution is 4.87. The Morgan fingerprint density at radius 3 is 2.81 bits per heavy atom. The summed E-state index contributed by atoms with van der Waals surface area (Å²) in [5.41, 5.74) is 0.266. The Hall–Kier alpha value is -0.160. The van der Waals surface area contributed by atoms with Crippen LogP contribution in [0.15, 0.2) is 0 Å². The van der Waals surface area contributed by atoms with Gasteiger partial charge in [0.2, 0.25) is 0 Å². The fraction of sp³-hybridized carbons (Fsp3) is 1.00. The van der Waals surface area contributed by atoms with Crippen molar-refractivity contribution in [2.24, 2.45) is 5.41 Å². The van der Waals surface area contributed by atoms with Gasteiger partial charge in [0, 0.05) is 31.7 Å². The second kappa shape index (κ2) is 6.55. The maximum Gasteiger partial charge on any atom is 0.0547 e. The maximum atomic E-state index is 9.27. The molecule has 0 bridgehead atoms. The predicted octanol–water partition coefficient (Wildman–Crippen LogP) is 0.315. The Morgan fingerprint density at radius 2 is 2.31 bits per heavy atom. The summed E-state index contributed by atoms with van der Waals surface area (Å²) in [6.45, 7) is 6.57. The SMILES string of the molecule is CNCC1(CN(C)CCC(C)O)CCOC1. The molecule has 0 spiro atoms. The van der Waals surface area contributed by atoms with Gasteiger partial charge in [-0.2, -0.15) is 0 Å². The molecule has 4 heteroatoms. The third kappa shape index (κ3) is 4.37. The predicted molar refractivity (Wildman–Crippen MR) is 65.6 cm³/mol. The number of ether oxygens (including phenoxy) is 1. The van der Waals surface area contributed by atoms with E-state index in [0.29, 0.717) is 0 Å². The van der Waals surface area contributed by atoms with E-state index >= 15 is 0 Å². The number of aliphatic hydroxyl groups excluding tert-OH is 1. The minimum absolute atomic E-state index is 0.206. The minimum Gasteiger partial charge on any atom is -0.393 e. The number of nitrogens with zero attached hydrogens (tertiary/aromatic N) is 1. The van der Waals surface area contributed by atoms with E-state index in [9.17, 15) is 5.11 Å². The number of aliphatic hydroxyl groups is 1. The van der Waals surface area contributed by atoms with Crippen molar-refractivity contribution in [2.45, 2.75) is 25.9 Å². The van der Waals surface area contributed by atoms with E-state index in [1.807, 2.05) is 14.0 Å². The van der Waals surface area contributed by atoms with Gasteiger partial charge in [-0.05, 0) is 33.9 Å². The molecule has 1 fully saturated rings. The van der Waals surface area contributed by atoms with Crippen molar-refractivity contribution in [3.63, 3.8) is 0 Å². The molecule has 1 saturated heterocycles. The van der Waals surface area contributed by atoms with E-state index in [1.54, 1.807) is 0 Å². The van der Waals surface area contributed by atoms with Gasteiger partial charge in [-0.15, -0.1) is 0 Å². The van der Waals surface area contributed by atoms with Crippen molar-refractivity contribution in [1.29, 1.82) is 0 Å². The Labute approximate surface area is 99.0 Å². The number of hydrogen-bond donors (Lipinski definition) is 2. The molecule has 0 aromatic rings. The van der Waals surface area contributed by atoms with E-state index < -0.39 is 0 Å². The molecule has 0 saturated carbocycles. The van der Waals surface area contributed by atoms with Crippen molar-refractivity contribution in [1.82, 2.24) is 10.2 Å². The quantitative estimate of drug-likeness (QED) is 0.661. The molecule has 1 aliphatic rings. The summed E-state index contributed by atoms with van der Waals surface area (Å²) in [5.74, 6) is 0. The third-order valence-corrected chi connectivity index (χ3v) is 3.27. The first-order chi connectivity index (χ1) is 7.58. The molecular formula is C12H26N2O2. The lowest BCUT2D eigenvalue weighted by molar-refractivity contribution is 0.109. The van der Waals surface area contributed by atoms with E-state index in [-0.39, 0.29) is 11.5 Å². The molecule has 0 amide bonds. The molecule has 0 aromatic heterocycles. The van der Waals surface area contributed by atoms with Gasteiger partial charge in [0.1, 0.15) is 0 Å². The molecule has 0 radical (unpaired) electrons. The molecule has 16 heavy (non-hydrogen) atoms. The van der Waals surface area contributed by atoms with E-state index in [0.717, 1.165) is 45.7 Å². The van der Waals surface area contributed by atoms with Crippen LogP contribution in [0.5, 0.6) is 0 Å². The topological polar surface area (TPSA) is 44.7 Å². The highest BCUT2D eigenvalue weighted by Gasteiger charge is 2.35. The second-order valence-electron chi connectivity index (χ2n) is 5.21. The zero-order valence-corrected chi connectivity index (χ0v) is 10.8. The second-order valence-corrected chi connectivity index (χ2v) is 5.21. The van der Waals surface area contributed by atoms with Crippen LogP contribution in [0.25, 0.3) is 0 Å². The highest BCUT2D eigenvalue weighted by Crippen LogP contribution is 2.28. The van der Waals surface area contributed by atoms with Crippen molar-refractivity contribution in [3.8, 4) is 0 Å². The molecule has 1 rings (SSSR count). The Kier molecular flexibility index (Phi) is 5.69. The van der Waals surface area contributed by atoms with Crippen LogP contribution in [0.1, 0.15) is 19.8 Å². The first kappa shape index (κ1) is 13.9. The van der Waals surface area contributed by atoms with Crippen LogP contribution < -0.4 is 5.32 Å². The fourth-order valence-electron chi connectivity index (χ4n) is 2.40. The van der Waals surface area contributed by atoms with Crippen molar-refractivity contribution in [2.75, 3.05) is 46.9 Å². The average Bonchev–Trinajstić information content (AvgIpc) is 2.64. The molecule has 1 aliphatic heterocycles. The van der Waals surface area contributed by atoms with Crippen LogP contribution in [0.4, 0.5) is 0 Å². The maximum absolute atomic E-state index is 9.27. The molecule has 0 aliphatic carbocycles. The molecular weight excluding hydrogens is 204 g/mol. The Bertz CT molecular complexity index is 191. The molecule has 2 N–H and O–H groups in total. The highest BCUT2D eigenvalue weighted by atomic mass is 16.5. The van der Waals surface area contributed by atoms with E-state index in [4.69, 9.17) is 4.74 Å². The van der Waals surface area contributed by atoms with Gasteiger partial charge in [0.05, 0.1) is 12.7 Å². The summed E-state index contributed by atoms with van der Waals surface area (Å²) in [6, 6.07) is 0. The Balaban J connectivity index is 2.36. The average molecular weight is 230 g/mol. The lowest BCUT2D eigenvalue weighted by Crippen LogP contribution is -2.43. The van der Waals surface area contributed by atoms with Crippen LogP contribution in [-0.2, 0) is 4.74 Å². The van der Waals surface area contributed by atoms with Gasteiger partial charge < -0.3 is 20.1 Å². The van der Waals surface area contributed by atoms with Gasteiger partial charge in [-0.3, -0.25) is 0 Å². The lowest BCUT2D eigenvalue weighted by atomic mass is 9.86. The summed E-state index contributed by atoms with van der Waals surface area (Å²) in [7, 11) is 4.12. The smallest absolute Gasteiger partial charge is 0.0547 e.